The fraction of sp³-hybridized carbons (Fsp3) is 0.941. The van der Waals surface area contributed by atoms with E-state index in [4.69, 9.17) is 0 Å². The van der Waals surface area contributed by atoms with E-state index in [0.717, 1.165) is 70.6 Å². The molecule has 0 unspecified atom stereocenters. The number of carbonyl (C=O) groups is 3. The number of carbonyl (C=O) groups excluding carboxylic acids is 1. The van der Waals surface area contributed by atoms with Gasteiger partial charge in [0.2, 0.25) is 5.91 Å². The van der Waals surface area contributed by atoms with E-state index < -0.39 is 17.5 Å². The van der Waals surface area contributed by atoms with Gasteiger partial charge >= 0.3 is 11.9 Å². The van der Waals surface area contributed by atoms with Gasteiger partial charge in [0.15, 0.2) is 0 Å². The van der Waals surface area contributed by atoms with Crippen molar-refractivity contribution in [2.24, 2.45) is 0 Å². The second-order valence-electron chi connectivity index (χ2n) is 18.0. The molecule has 0 aliphatic rings. The van der Waals surface area contributed by atoms with E-state index in [0.29, 0.717) is 25.8 Å². The molecular formula is C51H99NO5. The minimum Gasteiger partial charge on any atom is -0.481 e. The van der Waals surface area contributed by atoms with Gasteiger partial charge in [-0.15, -0.1) is 0 Å². The van der Waals surface area contributed by atoms with Crippen LogP contribution in [0.1, 0.15) is 297 Å². The highest BCUT2D eigenvalue weighted by Gasteiger charge is 2.45. The summed E-state index contributed by atoms with van der Waals surface area (Å²) in [6, 6.07) is 0. The van der Waals surface area contributed by atoms with Crippen molar-refractivity contribution in [2.45, 2.75) is 302 Å². The predicted octanol–water partition coefficient (Wildman–Crippen LogP) is 16.6. The Morgan fingerprint density at radius 2 is 0.632 bits per heavy atom. The van der Waals surface area contributed by atoms with Crippen LogP contribution in [-0.4, -0.2) is 45.0 Å². The predicted molar refractivity (Wildman–Crippen MR) is 245 cm³/mol. The number of carboxylic acid groups (broad SMARTS) is 2. The van der Waals surface area contributed by atoms with Gasteiger partial charge in [-0.05, 0) is 25.7 Å². The van der Waals surface area contributed by atoms with Crippen LogP contribution in [-0.2, 0) is 14.4 Å². The monoisotopic (exact) mass is 806 g/mol. The second kappa shape index (κ2) is 42.5. The third-order valence-electron chi connectivity index (χ3n) is 12.6. The zero-order chi connectivity index (χ0) is 41.9. The first-order valence-electron chi connectivity index (χ1n) is 25.6. The maximum atomic E-state index is 13.8. The van der Waals surface area contributed by atoms with E-state index in [-0.39, 0.29) is 18.7 Å². The number of aliphatic carboxylic acids is 2. The molecule has 1 amide bonds. The second-order valence-corrected chi connectivity index (χ2v) is 18.0. The van der Waals surface area contributed by atoms with E-state index in [1.165, 1.54) is 173 Å². The molecule has 0 heterocycles. The molecule has 6 heteroatoms. The molecule has 0 aromatic heterocycles. The molecule has 338 valence electrons. The van der Waals surface area contributed by atoms with Crippen LogP contribution in [0.4, 0.5) is 0 Å². The Morgan fingerprint density at radius 3 is 0.930 bits per heavy atom. The maximum Gasteiger partial charge on any atom is 0.329 e. The van der Waals surface area contributed by atoms with Crippen molar-refractivity contribution in [3.05, 3.63) is 0 Å². The van der Waals surface area contributed by atoms with Crippen molar-refractivity contribution >= 4 is 17.8 Å². The topological polar surface area (TPSA) is 94.9 Å². The molecule has 0 radical (unpaired) electrons. The maximum absolute atomic E-state index is 13.8. The molecule has 57 heavy (non-hydrogen) atoms. The van der Waals surface area contributed by atoms with Gasteiger partial charge in [-0.1, -0.05) is 258 Å². The van der Waals surface area contributed by atoms with Gasteiger partial charge in [0.25, 0.3) is 0 Å². The van der Waals surface area contributed by atoms with Gasteiger partial charge < -0.3 is 15.1 Å². The third-order valence-corrected chi connectivity index (χ3v) is 12.6. The minimum absolute atomic E-state index is 0.0201. The summed E-state index contributed by atoms with van der Waals surface area (Å²) >= 11 is 0. The summed E-state index contributed by atoms with van der Waals surface area (Å²) in [6.45, 7) is 7.07. The zero-order valence-corrected chi connectivity index (χ0v) is 38.7. The molecule has 0 rings (SSSR count). The standard InChI is InChI=1S/C51H99NO5/c1-4-7-10-13-16-17-18-19-20-21-22-23-24-25-26-27-28-29-30-31-32-33-34-35-36-37-40-43-48(53)52(47-42-39-15-12-9-6-3)51(50(56)57,46-44-49(54)55)45-41-38-14-11-8-5-2/h4-47H2,1-3H3,(H,54,55)(H,56,57)/t51-/m0/s1. The molecule has 2 N–H and O–H groups in total. The number of hydrogen-bond acceptors (Lipinski definition) is 3. The Morgan fingerprint density at radius 1 is 0.351 bits per heavy atom. The lowest BCUT2D eigenvalue weighted by Crippen LogP contribution is -2.57. The van der Waals surface area contributed by atoms with Crippen molar-refractivity contribution in [3.8, 4) is 0 Å². The summed E-state index contributed by atoms with van der Waals surface area (Å²) in [5.41, 5.74) is -1.44. The van der Waals surface area contributed by atoms with Gasteiger partial charge in [-0.3, -0.25) is 9.59 Å². The lowest BCUT2D eigenvalue weighted by molar-refractivity contribution is -0.162. The molecule has 0 spiro atoms. The summed E-state index contributed by atoms with van der Waals surface area (Å²) in [4.78, 5) is 40.2. The number of nitrogens with zero attached hydrogens (tertiary/aromatic N) is 1. The van der Waals surface area contributed by atoms with E-state index in [1.54, 1.807) is 4.90 Å². The number of hydrogen-bond donors (Lipinski definition) is 2. The Bertz CT molecular complexity index is 893. The lowest BCUT2D eigenvalue weighted by atomic mass is 9.84. The van der Waals surface area contributed by atoms with Crippen LogP contribution >= 0.6 is 0 Å². The highest BCUT2D eigenvalue weighted by molar-refractivity contribution is 5.87. The highest BCUT2D eigenvalue weighted by atomic mass is 16.4. The van der Waals surface area contributed by atoms with Crippen LogP contribution in [0.3, 0.4) is 0 Å². The SMILES string of the molecule is CCCCCCCCCCCCCCCCCCCCCCCCCCCCCC(=O)N(CCCCCCCC)[C@@](CCCCCCCC)(CCC(=O)O)C(=O)O. The molecule has 0 saturated heterocycles. The summed E-state index contributed by atoms with van der Waals surface area (Å²) in [5, 5.41) is 20.2. The molecule has 0 aliphatic carbocycles. The van der Waals surface area contributed by atoms with Gasteiger partial charge in [0.05, 0.1) is 0 Å². The van der Waals surface area contributed by atoms with Crippen molar-refractivity contribution in [2.75, 3.05) is 6.54 Å². The Balaban J connectivity index is 4.27. The molecule has 0 bridgehead atoms. The fourth-order valence-electron chi connectivity index (χ4n) is 8.77. The number of rotatable bonds is 47. The molecule has 6 nitrogen and oxygen atoms in total. The Hall–Kier alpha value is -1.59. The molecule has 0 aromatic rings. The van der Waals surface area contributed by atoms with Gasteiger partial charge in [0, 0.05) is 19.4 Å². The first kappa shape index (κ1) is 55.4. The van der Waals surface area contributed by atoms with Gasteiger partial charge in [-0.2, -0.15) is 0 Å². The van der Waals surface area contributed by atoms with Crippen molar-refractivity contribution in [1.82, 2.24) is 4.90 Å². The summed E-state index contributed by atoms with van der Waals surface area (Å²) in [7, 11) is 0. The number of carboxylic acids is 2. The molecular weight excluding hydrogens is 707 g/mol. The molecule has 0 aromatic carbocycles. The van der Waals surface area contributed by atoms with Crippen molar-refractivity contribution in [1.29, 1.82) is 0 Å². The Kier molecular flexibility index (Phi) is 41.3. The van der Waals surface area contributed by atoms with Crippen molar-refractivity contribution < 1.29 is 24.6 Å². The molecule has 0 saturated carbocycles. The molecule has 1 atom stereocenters. The first-order chi connectivity index (χ1) is 27.9. The highest BCUT2D eigenvalue weighted by Crippen LogP contribution is 2.32. The fourth-order valence-corrected chi connectivity index (χ4v) is 8.77. The van der Waals surface area contributed by atoms with E-state index in [1.807, 2.05) is 0 Å². The van der Waals surface area contributed by atoms with E-state index in [9.17, 15) is 24.6 Å². The third kappa shape index (κ3) is 33.9. The Labute approximate surface area is 355 Å². The van der Waals surface area contributed by atoms with Crippen LogP contribution in [0.5, 0.6) is 0 Å². The van der Waals surface area contributed by atoms with Crippen LogP contribution in [0, 0.1) is 0 Å². The smallest absolute Gasteiger partial charge is 0.329 e. The van der Waals surface area contributed by atoms with E-state index >= 15 is 0 Å². The summed E-state index contributed by atoms with van der Waals surface area (Å²) < 4.78 is 0. The average Bonchev–Trinajstić information content (AvgIpc) is 3.19. The first-order valence-corrected chi connectivity index (χ1v) is 25.6. The average molecular weight is 806 g/mol. The molecule has 0 fully saturated rings. The summed E-state index contributed by atoms with van der Waals surface area (Å²) in [5.74, 6) is -2.13. The minimum atomic E-state index is -1.44. The quantitative estimate of drug-likeness (QED) is 0.0597. The zero-order valence-electron chi connectivity index (χ0n) is 38.7. The van der Waals surface area contributed by atoms with Crippen LogP contribution in [0.15, 0.2) is 0 Å². The number of amides is 1. The van der Waals surface area contributed by atoms with Gasteiger partial charge in [-0.25, -0.2) is 4.79 Å². The lowest BCUT2D eigenvalue weighted by Gasteiger charge is -2.41. The van der Waals surface area contributed by atoms with Gasteiger partial charge in [0.1, 0.15) is 5.54 Å². The summed E-state index contributed by atoms with van der Waals surface area (Å²) in [6.07, 6.45) is 49.3. The van der Waals surface area contributed by atoms with Crippen LogP contribution in [0.2, 0.25) is 0 Å². The number of unbranched alkanes of at least 4 members (excludes halogenated alkanes) is 36. The normalized spacial score (nSPS) is 12.5. The molecule has 0 aliphatic heterocycles. The van der Waals surface area contributed by atoms with Crippen LogP contribution in [0.25, 0.3) is 0 Å². The van der Waals surface area contributed by atoms with E-state index in [2.05, 4.69) is 20.8 Å². The van der Waals surface area contributed by atoms with Crippen LogP contribution < -0.4 is 0 Å². The largest absolute Gasteiger partial charge is 0.481 e. The van der Waals surface area contributed by atoms with Crippen molar-refractivity contribution in [3.63, 3.8) is 0 Å².